The predicted octanol–water partition coefficient (Wildman–Crippen LogP) is 4.46. The Balaban J connectivity index is 1.66. The molecule has 0 fully saturated rings. The van der Waals surface area contributed by atoms with Crippen LogP contribution in [-0.4, -0.2) is 22.8 Å². The van der Waals surface area contributed by atoms with Gasteiger partial charge in [-0.2, -0.15) is 0 Å². The molecule has 3 nitrogen and oxygen atoms in total. The first kappa shape index (κ1) is 17.3. The number of aryl methyl sites for hydroxylation is 1. The van der Waals surface area contributed by atoms with Gasteiger partial charge in [-0.15, -0.1) is 11.3 Å². The highest BCUT2D eigenvalue weighted by molar-refractivity contribution is 7.13. The van der Waals surface area contributed by atoms with Crippen molar-refractivity contribution in [2.75, 3.05) is 7.05 Å². The van der Waals surface area contributed by atoms with Gasteiger partial charge < -0.3 is 4.90 Å². The summed E-state index contributed by atoms with van der Waals surface area (Å²) >= 11 is 1.53. The van der Waals surface area contributed by atoms with Gasteiger partial charge >= 0.3 is 0 Å². The maximum Gasteiger partial charge on any atom is 0.228 e. The fourth-order valence-corrected chi connectivity index (χ4v) is 3.38. The first-order valence-electron chi connectivity index (χ1n) is 8.02. The third-order valence-electron chi connectivity index (χ3n) is 3.94. The van der Waals surface area contributed by atoms with Crippen LogP contribution in [0.1, 0.15) is 16.8 Å². The van der Waals surface area contributed by atoms with Crippen LogP contribution in [-0.2, 0) is 17.8 Å². The monoisotopic (exact) mass is 354 g/mol. The number of aromatic nitrogens is 1. The summed E-state index contributed by atoms with van der Waals surface area (Å²) in [6, 6.07) is 14.6. The smallest absolute Gasteiger partial charge is 0.228 e. The predicted molar refractivity (Wildman–Crippen MR) is 98.9 cm³/mol. The van der Waals surface area contributed by atoms with Gasteiger partial charge in [-0.05, 0) is 19.1 Å². The van der Waals surface area contributed by atoms with Crippen LogP contribution in [0.15, 0.2) is 53.9 Å². The number of nitrogens with zero attached hydrogens (tertiary/aromatic N) is 2. The Kier molecular flexibility index (Phi) is 5.24. The van der Waals surface area contributed by atoms with E-state index < -0.39 is 0 Å². The molecule has 25 heavy (non-hydrogen) atoms. The van der Waals surface area contributed by atoms with Crippen molar-refractivity contribution in [3.8, 4) is 10.6 Å². The van der Waals surface area contributed by atoms with E-state index in [-0.39, 0.29) is 24.7 Å². The lowest BCUT2D eigenvalue weighted by Crippen LogP contribution is -2.28. The standard InChI is InChI=1S/C20H19FN2OS/c1-14-6-5-8-15(10-14)20-22-17(13-25-20)11-19(24)23(2)12-16-7-3-4-9-18(16)21/h3-10,13H,11-12H2,1-2H3. The Morgan fingerprint density at radius 1 is 1.20 bits per heavy atom. The number of hydrogen-bond donors (Lipinski definition) is 0. The topological polar surface area (TPSA) is 33.2 Å². The van der Waals surface area contributed by atoms with Crippen molar-refractivity contribution in [3.05, 3.63) is 76.5 Å². The summed E-state index contributed by atoms with van der Waals surface area (Å²) in [5, 5.41) is 2.82. The van der Waals surface area contributed by atoms with Gasteiger partial charge in [0.05, 0.1) is 12.1 Å². The number of thiazole rings is 1. The van der Waals surface area contributed by atoms with Crippen molar-refractivity contribution in [2.45, 2.75) is 19.9 Å². The Morgan fingerprint density at radius 2 is 2.00 bits per heavy atom. The zero-order valence-corrected chi connectivity index (χ0v) is 15.0. The molecule has 0 saturated carbocycles. The Hall–Kier alpha value is -2.53. The second kappa shape index (κ2) is 7.57. The van der Waals surface area contributed by atoms with E-state index in [0.717, 1.165) is 16.3 Å². The van der Waals surface area contributed by atoms with Crippen LogP contribution in [0, 0.1) is 12.7 Å². The van der Waals surface area contributed by atoms with E-state index in [4.69, 9.17) is 0 Å². The molecule has 0 saturated heterocycles. The number of amides is 1. The normalized spacial score (nSPS) is 10.7. The second-order valence-corrected chi connectivity index (χ2v) is 6.89. The van der Waals surface area contributed by atoms with Gasteiger partial charge in [-0.1, -0.05) is 42.0 Å². The van der Waals surface area contributed by atoms with Crippen LogP contribution in [0.3, 0.4) is 0 Å². The first-order chi connectivity index (χ1) is 12.0. The lowest BCUT2D eigenvalue weighted by molar-refractivity contribution is -0.129. The number of halogens is 1. The van der Waals surface area contributed by atoms with E-state index in [1.165, 1.54) is 27.9 Å². The molecular formula is C20H19FN2OS. The minimum atomic E-state index is -0.294. The van der Waals surface area contributed by atoms with Crippen molar-refractivity contribution in [1.82, 2.24) is 9.88 Å². The van der Waals surface area contributed by atoms with E-state index in [0.29, 0.717) is 5.56 Å². The minimum absolute atomic E-state index is 0.0793. The van der Waals surface area contributed by atoms with E-state index in [1.807, 2.05) is 30.5 Å². The van der Waals surface area contributed by atoms with Gasteiger partial charge in [0.25, 0.3) is 0 Å². The molecule has 0 radical (unpaired) electrons. The molecule has 0 aliphatic heterocycles. The summed E-state index contributed by atoms with van der Waals surface area (Å²) in [5.74, 6) is -0.373. The molecule has 1 heterocycles. The summed E-state index contributed by atoms with van der Waals surface area (Å²) in [7, 11) is 1.68. The number of carbonyl (C=O) groups excluding carboxylic acids is 1. The molecule has 3 aromatic rings. The van der Waals surface area contributed by atoms with Gasteiger partial charge in [0.15, 0.2) is 0 Å². The fraction of sp³-hybridized carbons (Fsp3) is 0.200. The second-order valence-electron chi connectivity index (χ2n) is 6.03. The highest BCUT2D eigenvalue weighted by Crippen LogP contribution is 2.24. The van der Waals surface area contributed by atoms with Gasteiger partial charge in [0, 0.05) is 30.1 Å². The largest absolute Gasteiger partial charge is 0.341 e. The van der Waals surface area contributed by atoms with Crippen molar-refractivity contribution in [2.24, 2.45) is 0 Å². The highest BCUT2D eigenvalue weighted by Gasteiger charge is 2.14. The van der Waals surface area contributed by atoms with Crippen LogP contribution >= 0.6 is 11.3 Å². The molecule has 2 aromatic carbocycles. The molecule has 0 N–H and O–H groups in total. The van der Waals surface area contributed by atoms with E-state index in [9.17, 15) is 9.18 Å². The van der Waals surface area contributed by atoms with Crippen molar-refractivity contribution in [1.29, 1.82) is 0 Å². The zero-order valence-electron chi connectivity index (χ0n) is 14.2. The van der Waals surface area contributed by atoms with Crippen LogP contribution < -0.4 is 0 Å². The third-order valence-corrected chi connectivity index (χ3v) is 4.88. The lowest BCUT2D eigenvalue weighted by atomic mass is 10.1. The van der Waals surface area contributed by atoms with Gasteiger partial charge in [0.2, 0.25) is 5.91 Å². The van der Waals surface area contributed by atoms with Crippen LogP contribution in [0.4, 0.5) is 4.39 Å². The summed E-state index contributed by atoms with van der Waals surface area (Å²) < 4.78 is 13.7. The Labute approximate surface area is 150 Å². The molecule has 0 spiro atoms. The first-order valence-corrected chi connectivity index (χ1v) is 8.89. The summed E-state index contributed by atoms with van der Waals surface area (Å²) in [4.78, 5) is 18.5. The van der Waals surface area contributed by atoms with E-state index >= 15 is 0 Å². The molecule has 0 aliphatic rings. The van der Waals surface area contributed by atoms with Gasteiger partial charge in [-0.25, -0.2) is 9.37 Å². The molecule has 5 heteroatoms. The Morgan fingerprint density at radius 3 is 2.76 bits per heavy atom. The number of carbonyl (C=O) groups is 1. The molecule has 3 rings (SSSR count). The molecule has 0 atom stereocenters. The number of hydrogen-bond acceptors (Lipinski definition) is 3. The molecule has 128 valence electrons. The summed E-state index contributed by atoms with van der Waals surface area (Å²) in [6.45, 7) is 2.29. The quantitative estimate of drug-likeness (QED) is 0.678. The van der Waals surface area contributed by atoms with Gasteiger partial charge in [0.1, 0.15) is 10.8 Å². The third kappa shape index (κ3) is 4.31. The van der Waals surface area contributed by atoms with Crippen molar-refractivity contribution >= 4 is 17.2 Å². The number of likely N-dealkylation sites (N-methyl/N-ethyl adjacent to an activating group) is 1. The van der Waals surface area contributed by atoms with E-state index in [1.54, 1.807) is 25.2 Å². The SMILES string of the molecule is Cc1cccc(-c2nc(CC(=O)N(C)Cc3ccccc3F)cs2)c1. The van der Waals surface area contributed by atoms with Crippen LogP contribution in [0.2, 0.25) is 0 Å². The molecule has 1 aromatic heterocycles. The minimum Gasteiger partial charge on any atom is -0.341 e. The highest BCUT2D eigenvalue weighted by atomic mass is 32.1. The molecular weight excluding hydrogens is 335 g/mol. The number of benzene rings is 2. The van der Waals surface area contributed by atoms with Gasteiger partial charge in [-0.3, -0.25) is 4.79 Å². The molecule has 0 unspecified atom stereocenters. The van der Waals surface area contributed by atoms with Crippen molar-refractivity contribution in [3.63, 3.8) is 0 Å². The van der Waals surface area contributed by atoms with E-state index in [2.05, 4.69) is 11.1 Å². The fourth-order valence-electron chi connectivity index (χ4n) is 2.56. The average molecular weight is 354 g/mol. The van der Waals surface area contributed by atoms with Crippen LogP contribution in [0.5, 0.6) is 0 Å². The Bertz CT molecular complexity index is 891. The molecule has 1 amide bonds. The zero-order chi connectivity index (χ0) is 17.8. The maximum atomic E-state index is 13.7. The maximum absolute atomic E-state index is 13.7. The molecule has 0 aliphatic carbocycles. The summed E-state index contributed by atoms with van der Waals surface area (Å²) in [5.41, 5.74) is 3.49. The lowest BCUT2D eigenvalue weighted by Gasteiger charge is -2.17. The van der Waals surface area contributed by atoms with Crippen LogP contribution in [0.25, 0.3) is 10.6 Å². The van der Waals surface area contributed by atoms with Crippen molar-refractivity contribution < 1.29 is 9.18 Å². The number of rotatable bonds is 5. The summed E-state index contributed by atoms with van der Waals surface area (Å²) in [6.07, 6.45) is 0.216. The average Bonchev–Trinajstić information content (AvgIpc) is 3.05. The molecule has 0 bridgehead atoms.